The topological polar surface area (TPSA) is 75.5 Å². The minimum absolute atomic E-state index is 0.300. The second kappa shape index (κ2) is 8.05. The third-order valence-corrected chi connectivity index (χ3v) is 4.63. The van der Waals surface area contributed by atoms with Crippen molar-refractivity contribution in [3.05, 3.63) is 48.4 Å². The van der Waals surface area contributed by atoms with Gasteiger partial charge in [-0.05, 0) is 51.7 Å². The van der Waals surface area contributed by atoms with Gasteiger partial charge >= 0.3 is 6.09 Å². The van der Waals surface area contributed by atoms with Crippen LogP contribution in [0.2, 0.25) is 0 Å². The molecule has 1 aliphatic rings. The first-order valence-corrected chi connectivity index (χ1v) is 9.39. The summed E-state index contributed by atoms with van der Waals surface area (Å²) in [5.74, 6) is 0. The van der Waals surface area contributed by atoms with Crippen LogP contribution in [-0.4, -0.2) is 44.3 Å². The zero-order valence-electron chi connectivity index (χ0n) is 16.1. The molecule has 1 amide bonds. The maximum Gasteiger partial charge on any atom is 0.410 e. The summed E-state index contributed by atoms with van der Waals surface area (Å²) in [5.41, 5.74) is 1.84. The molecule has 1 fully saturated rings. The molecule has 6 nitrogen and oxygen atoms in total. The average Bonchev–Trinajstić information content (AvgIpc) is 2.67. The molecule has 0 unspecified atom stereocenters. The van der Waals surface area contributed by atoms with Gasteiger partial charge in [-0.1, -0.05) is 18.2 Å². The number of hydrogen-bond acceptors (Lipinski definition) is 5. The van der Waals surface area contributed by atoms with Crippen LogP contribution in [0.25, 0.3) is 11.3 Å². The van der Waals surface area contributed by atoms with Crippen molar-refractivity contribution in [1.29, 1.82) is 0 Å². The van der Waals surface area contributed by atoms with Crippen molar-refractivity contribution >= 4 is 6.09 Å². The van der Waals surface area contributed by atoms with Crippen molar-refractivity contribution in [1.82, 2.24) is 14.9 Å². The van der Waals surface area contributed by atoms with Crippen molar-refractivity contribution in [2.45, 2.75) is 57.8 Å². The van der Waals surface area contributed by atoms with Crippen LogP contribution in [0.3, 0.4) is 0 Å². The predicted molar refractivity (Wildman–Crippen MR) is 103 cm³/mol. The molecule has 3 rings (SSSR count). The Morgan fingerprint density at radius 2 is 2.11 bits per heavy atom. The lowest BCUT2D eigenvalue weighted by Crippen LogP contribution is -2.48. The summed E-state index contributed by atoms with van der Waals surface area (Å²) in [5, 5.41) is 11.0. The normalized spacial score (nSPS) is 18.8. The molecule has 27 heavy (non-hydrogen) atoms. The molecule has 0 spiro atoms. The first-order chi connectivity index (χ1) is 12.8. The van der Waals surface area contributed by atoms with Crippen LogP contribution in [0.4, 0.5) is 4.79 Å². The fourth-order valence-corrected chi connectivity index (χ4v) is 3.39. The quantitative estimate of drug-likeness (QED) is 0.886. The van der Waals surface area contributed by atoms with E-state index in [0.717, 1.165) is 36.1 Å². The third kappa shape index (κ3) is 4.83. The molecule has 0 aliphatic carbocycles. The van der Waals surface area contributed by atoms with Crippen molar-refractivity contribution in [3.63, 3.8) is 0 Å². The highest BCUT2D eigenvalue weighted by atomic mass is 16.6. The Balaban J connectivity index is 1.83. The van der Waals surface area contributed by atoms with Crippen LogP contribution in [0.15, 0.2) is 42.9 Å². The van der Waals surface area contributed by atoms with E-state index in [9.17, 15) is 9.90 Å². The molecule has 0 radical (unpaired) electrons. The van der Waals surface area contributed by atoms with E-state index in [1.165, 1.54) is 0 Å². The van der Waals surface area contributed by atoms with E-state index in [4.69, 9.17) is 4.74 Å². The molecule has 1 N–H and O–H groups in total. The number of aliphatic hydroxyl groups excluding tert-OH is 1. The Morgan fingerprint density at radius 1 is 1.30 bits per heavy atom. The lowest BCUT2D eigenvalue weighted by Gasteiger charge is -2.39. The van der Waals surface area contributed by atoms with E-state index < -0.39 is 11.7 Å². The molecule has 1 aromatic carbocycles. The summed E-state index contributed by atoms with van der Waals surface area (Å²) in [6, 6.07) is 7.32. The summed E-state index contributed by atoms with van der Waals surface area (Å²) >= 11 is 0. The molecule has 1 saturated heterocycles. The van der Waals surface area contributed by atoms with Crippen molar-refractivity contribution in [3.8, 4) is 11.3 Å². The molecule has 1 aliphatic heterocycles. The fourth-order valence-electron chi connectivity index (χ4n) is 3.39. The van der Waals surface area contributed by atoms with E-state index in [0.29, 0.717) is 6.54 Å². The molecule has 2 aromatic rings. The van der Waals surface area contributed by atoms with Gasteiger partial charge in [0.05, 0.1) is 24.0 Å². The summed E-state index contributed by atoms with van der Waals surface area (Å²) in [6.45, 7) is 6.15. The summed E-state index contributed by atoms with van der Waals surface area (Å²) < 4.78 is 5.54. The zero-order valence-corrected chi connectivity index (χ0v) is 16.1. The number of aromatic nitrogens is 2. The van der Waals surface area contributed by atoms with Crippen LogP contribution < -0.4 is 0 Å². The lowest BCUT2D eigenvalue weighted by molar-refractivity contribution is -0.0169. The number of benzene rings is 1. The summed E-state index contributed by atoms with van der Waals surface area (Å²) in [6.07, 6.45) is 6.46. The van der Waals surface area contributed by atoms with Crippen LogP contribution >= 0.6 is 0 Å². The van der Waals surface area contributed by atoms with E-state index in [1.54, 1.807) is 23.5 Å². The molecule has 1 aromatic heterocycles. The van der Waals surface area contributed by atoms with Gasteiger partial charge in [0.1, 0.15) is 5.60 Å². The van der Waals surface area contributed by atoms with Crippen LogP contribution in [0.5, 0.6) is 0 Å². The van der Waals surface area contributed by atoms with Gasteiger partial charge in [-0.3, -0.25) is 9.97 Å². The van der Waals surface area contributed by atoms with Crippen molar-refractivity contribution in [2.24, 2.45) is 0 Å². The molecule has 2 atom stereocenters. The minimum Gasteiger partial charge on any atom is -0.444 e. The Labute approximate surface area is 160 Å². The SMILES string of the molecule is CC(C)(C)OC(=O)N1CCCC[C@H]1[C@@H](O)c1cccc(-c2cnccn2)c1. The number of nitrogens with zero attached hydrogens (tertiary/aromatic N) is 3. The Kier molecular flexibility index (Phi) is 5.75. The third-order valence-electron chi connectivity index (χ3n) is 4.63. The Morgan fingerprint density at radius 3 is 2.81 bits per heavy atom. The van der Waals surface area contributed by atoms with Crippen LogP contribution in [-0.2, 0) is 4.74 Å². The number of carbonyl (C=O) groups is 1. The first-order valence-electron chi connectivity index (χ1n) is 9.39. The number of likely N-dealkylation sites (tertiary alicyclic amines) is 1. The molecule has 6 heteroatoms. The van der Waals surface area contributed by atoms with Crippen LogP contribution in [0.1, 0.15) is 51.7 Å². The van der Waals surface area contributed by atoms with Crippen molar-refractivity contribution < 1.29 is 14.6 Å². The highest BCUT2D eigenvalue weighted by molar-refractivity contribution is 5.69. The standard InChI is InChI=1S/C21H27N3O3/c1-21(2,3)27-20(26)24-12-5-4-9-18(24)19(25)16-8-6-7-15(13-16)17-14-22-10-11-23-17/h6-8,10-11,13-14,18-19,25H,4-5,9,12H2,1-3H3/t18-,19-/m0/s1. The van der Waals surface area contributed by atoms with Gasteiger partial charge in [-0.25, -0.2) is 4.79 Å². The van der Waals surface area contributed by atoms with Gasteiger partial charge < -0.3 is 14.7 Å². The number of ether oxygens (including phenoxy) is 1. The molecular formula is C21H27N3O3. The van der Waals surface area contributed by atoms with Gasteiger partial charge in [-0.2, -0.15) is 0 Å². The summed E-state index contributed by atoms with van der Waals surface area (Å²) in [7, 11) is 0. The van der Waals surface area contributed by atoms with E-state index in [1.807, 2.05) is 45.0 Å². The van der Waals surface area contributed by atoms with Gasteiger partial charge in [0.15, 0.2) is 0 Å². The first kappa shape index (κ1) is 19.3. The molecule has 144 valence electrons. The Hall–Kier alpha value is -2.47. The predicted octanol–water partition coefficient (Wildman–Crippen LogP) is 3.97. The lowest BCUT2D eigenvalue weighted by atomic mass is 9.92. The van der Waals surface area contributed by atoms with Crippen LogP contribution in [0, 0.1) is 0 Å². The minimum atomic E-state index is -0.783. The number of amides is 1. The molecule has 0 saturated carbocycles. The van der Waals surface area contributed by atoms with Crippen molar-refractivity contribution in [2.75, 3.05) is 6.54 Å². The van der Waals surface area contributed by atoms with E-state index in [2.05, 4.69) is 9.97 Å². The van der Waals surface area contributed by atoms with Gasteiger partial charge in [0.2, 0.25) is 0 Å². The van der Waals surface area contributed by atoms with Gasteiger partial charge in [0, 0.05) is 24.5 Å². The fraction of sp³-hybridized carbons (Fsp3) is 0.476. The number of rotatable bonds is 3. The van der Waals surface area contributed by atoms with Gasteiger partial charge in [-0.15, -0.1) is 0 Å². The number of hydrogen-bond donors (Lipinski definition) is 1. The Bertz CT molecular complexity index is 774. The largest absolute Gasteiger partial charge is 0.444 e. The summed E-state index contributed by atoms with van der Waals surface area (Å²) in [4.78, 5) is 22.7. The number of piperidine rings is 1. The van der Waals surface area contributed by atoms with E-state index >= 15 is 0 Å². The average molecular weight is 369 g/mol. The van der Waals surface area contributed by atoms with Gasteiger partial charge in [0.25, 0.3) is 0 Å². The van der Waals surface area contributed by atoms with E-state index in [-0.39, 0.29) is 12.1 Å². The molecule has 2 heterocycles. The maximum absolute atomic E-state index is 12.6. The smallest absolute Gasteiger partial charge is 0.410 e. The monoisotopic (exact) mass is 369 g/mol. The maximum atomic E-state index is 12.6. The second-order valence-electron chi connectivity index (χ2n) is 7.90. The number of carbonyl (C=O) groups excluding carboxylic acids is 1. The second-order valence-corrected chi connectivity index (χ2v) is 7.90. The highest BCUT2D eigenvalue weighted by Crippen LogP contribution is 2.31. The molecular weight excluding hydrogens is 342 g/mol. The number of aliphatic hydroxyl groups is 1. The highest BCUT2D eigenvalue weighted by Gasteiger charge is 2.35. The zero-order chi connectivity index (χ0) is 19.4. The molecule has 0 bridgehead atoms.